The SMILES string of the molecule is COC(=O)C1NN(C(=O)OC(C)(C)C)c2cnccc21. The smallest absolute Gasteiger partial charge is 0.429 e. The molecular formula is C13H17N3O4. The molecule has 0 fully saturated rings. The predicted molar refractivity (Wildman–Crippen MR) is 70.8 cm³/mol. The summed E-state index contributed by atoms with van der Waals surface area (Å²) >= 11 is 0. The standard InChI is InChI=1S/C13H17N3O4/c1-13(2,3)20-12(18)16-9-7-14-6-5-8(9)10(15-16)11(17)19-4/h5-7,10,15H,1-4H3. The molecule has 0 aromatic carbocycles. The maximum Gasteiger partial charge on any atom is 0.429 e. The molecule has 1 aliphatic heterocycles. The van der Waals surface area contributed by atoms with Crippen LogP contribution in [0.25, 0.3) is 0 Å². The Morgan fingerprint density at radius 1 is 1.40 bits per heavy atom. The number of ether oxygens (including phenoxy) is 2. The molecule has 0 bridgehead atoms. The van der Waals surface area contributed by atoms with E-state index in [4.69, 9.17) is 9.47 Å². The first kappa shape index (κ1) is 14.3. The van der Waals surface area contributed by atoms with Crippen molar-refractivity contribution in [2.24, 2.45) is 0 Å². The molecule has 108 valence electrons. The lowest BCUT2D eigenvalue weighted by atomic mass is 10.1. The van der Waals surface area contributed by atoms with Gasteiger partial charge in [-0.25, -0.2) is 20.0 Å². The van der Waals surface area contributed by atoms with E-state index in [0.29, 0.717) is 11.3 Å². The number of nitrogens with zero attached hydrogens (tertiary/aromatic N) is 2. The number of nitrogens with one attached hydrogen (secondary N) is 1. The molecule has 7 heteroatoms. The molecule has 0 spiro atoms. The maximum atomic E-state index is 12.1. The van der Waals surface area contributed by atoms with Gasteiger partial charge >= 0.3 is 12.1 Å². The van der Waals surface area contributed by atoms with Gasteiger partial charge in [-0.2, -0.15) is 0 Å². The van der Waals surface area contributed by atoms with Crippen LogP contribution >= 0.6 is 0 Å². The Morgan fingerprint density at radius 2 is 2.10 bits per heavy atom. The van der Waals surface area contributed by atoms with Crippen LogP contribution in [-0.2, 0) is 14.3 Å². The summed E-state index contributed by atoms with van der Waals surface area (Å²) in [6.45, 7) is 5.30. The van der Waals surface area contributed by atoms with Gasteiger partial charge in [0.25, 0.3) is 0 Å². The molecule has 20 heavy (non-hydrogen) atoms. The quantitative estimate of drug-likeness (QED) is 0.786. The average Bonchev–Trinajstić information content (AvgIpc) is 2.75. The highest BCUT2D eigenvalue weighted by atomic mass is 16.6. The van der Waals surface area contributed by atoms with Crippen LogP contribution in [0, 0.1) is 0 Å². The zero-order valence-electron chi connectivity index (χ0n) is 11.8. The molecule has 0 radical (unpaired) electrons. The Morgan fingerprint density at radius 3 is 2.70 bits per heavy atom. The average molecular weight is 279 g/mol. The molecule has 1 atom stereocenters. The van der Waals surface area contributed by atoms with Crippen molar-refractivity contribution in [2.75, 3.05) is 12.1 Å². The zero-order valence-corrected chi connectivity index (χ0v) is 11.8. The van der Waals surface area contributed by atoms with Gasteiger partial charge in [-0.05, 0) is 26.8 Å². The molecule has 0 saturated carbocycles. The number of fused-ring (bicyclic) bond motifs is 1. The molecule has 1 aromatic heterocycles. The topological polar surface area (TPSA) is 80.8 Å². The molecule has 1 unspecified atom stereocenters. The van der Waals surface area contributed by atoms with Crippen LogP contribution in [0.3, 0.4) is 0 Å². The third-order valence-corrected chi connectivity index (χ3v) is 2.66. The van der Waals surface area contributed by atoms with E-state index in [9.17, 15) is 9.59 Å². The van der Waals surface area contributed by atoms with Crippen molar-refractivity contribution in [3.8, 4) is 0 Å². The van der Waals surface area contributed by atoms with Crippen molar-refractivity contribution in [1.82, 2.24) is 10.4 Å². The summed E-state index contributed by atoms with van der Waals surface area (Å²) in [4.78, 5) is 27.9. The molecule has 0 saturated heterocycles. The van der Waals surface area contributed by atoms with Gasteiger partial charge in [0.05, 0.1) is 19.0 Å². The third-order valence-electron chi connectivity index (χ3n) is 2.66. The lowest BCUT2D eigenvalue weighted by molar-refractivity contribution is -0.143. The number of carbonyl (C=O) groups is 2. The zero-order chi connectivity index (χ0) is 14.9. The second-order valence-electron chi connectivity index (χ2n) is 5.34. The summed E-state index contributed by atoms with van der Waals surface area (Å²) in [7, 11) is 1.29. The number of methoxy groups -OCH3 is 1. The number of amides is 1. The Balaban J connectivity index is 2.30. The van der Waals surface area contributed by atoms with Crippen LogP contribution in [0.4, 0.5) is 10.5 Å². The summed E-state index contributed by atoms with van der Waals surface area (Å²) in [6, 6.07) is 0.916. The summed E-state index contributed by atoms with van der Waals surface area (Å²) < 4.78 is 10.0. The molecule has 7 nitrogen and oxygen atoms in total. The molecule has 2 heterocycles. The van der Waals surface area contributed by atoms with Crippen molar-refractivity contribution in [1.29, 1.82) is 0 Å². The van der Waals surface area contributed by atoms with Gasteiger partial charge in [0, 0.05) is 11.8 Å². The number of aromatic nitrogens is 1. The second kappa shape index (κ2) is 5.09. The first-order chi connectivity index (χ1) is 9.33. The molecule has 2 rings (SSSR count). The van der Waals surface area contributed by atoms with Gasteiger partial charge in [-0.1, -0.05) is 0 Å². The molecule has 1 amide bonds. The van der Waals surface area contributed by atoms with Gasteiger partial charge in [-0.3, -0.25) is 4.98 Å². The Labute approximate surface area is 116 Å². The van der Waals surface area contributed by atoms with E-state index in [-0.39, 0.29) is 0 Å². The van der Waals surface area contributed by atoms with E-state index < -0.39 is 23.7 Å². The van der Waals surface area contributed by atoms with E-state index in [1.165, 1.54) is 18.3 Å². The number of carbonyl (C=O) groups excluding carboxylic acids is 2. The number of esters is 1. The summed E-state index contributed by atoms with van der Waals surface area (Å²) in [5, 5.41) is 1.18. The van der Waals surface area contributed by atoms with Crippen LogP contribution < -0.4 is 10.4 Å². The fraction of sp³-hybridized carbons (Fsp3) is 0.462. The minimum absolute atomic E-state index is 0.483. The van der Waals surface area contributed by atoms with Crippen LogP contribution in [0.2, 0.25) is 0 Å². The fourth-order valence-electron chi connectivity index (χ4n) is 1.85. The van der Waals surface area contributed by atoms with Crippen LogP contribution in [0.1, 0.15) is 32.4 Å². The van der Waals surface area contributed by atoms with Crippen molar-refractivity contribution >= 4 is 17.7 Å². The van der Waals surface area contributed by atoms with Gasteiger partial charge in [-0.15, -0.1) is 0 Å². The maximum absolute atomic E-state index is 12.1. The van der Waals surface area contributed by atoms with Gasteiger partial charge in [0.1, 0.15) is 5.60 Å². The molecule has 1 aliphatic rings. The normalized spacial score (nSPS) is 17.6. The summed E-state index contributed by atoms with van der Waals surface area (Å²) in [5.74, 6) is -0.483. The Hall–Kier alpha value is -2.15. The number of hydrogen-bond acceptors (Lipinski definition) is 6. The highest BCUT2D eigenvalue weighted by Crippen LogP contribution is 2.33. The predicted octanol–water partition coefficient (Wildman–Crippen LogP) is 1.56. The Kier molecular flexibility index (Phi) is 3.63. The summed E-state index contributed by atoms with van der Waals surface area (Å²) in [6.07, 6.45) is 2.45. The lowest BCUT2D eigenvalue weighted by Crippen LogP contribution is -2.44. The molecule has 1 aromatic rings. The summed E-state index contributed by atoms with van der Waals surface area (Å²) in [5.41, 5.74) is 3.25. The van der Waals surface area contributed by atoms with E-state index >= 15 is 0 Å². The van der Waals surface area contributed by atoms with Gasteiger partial charge in [0.2, 0.25) is 0 Å². The van der Waals surface area contributed by atoms with Gasteiger partial charge < -0.3 is 9.47 Å². The minimum Gasteiger partial charge on any atom is -0.468 e. The number of hydrogen-bond donors (Lipinski definition) is 1. The first-order valence-corrected chi connectivity index (χ1v) is 6.14. The monoisotopic (exact) mass is 279 g/mol. The Bertz CT molecular complexity index is 539. The highest BCUT2D eigenvalue weighted by Gasteiger charge is 2.38. The molecular weight excluding hydrogens is 262 g/mol. The van der Waals surface area contributed by atoms with Crippen LogP contribution in [0.5, 0.6) is 0 Å². The van der Waals surface area contributed by atoms with Crippen molar-refractivity contribution in [3.63, 3.8) is 0 Å². The number of hydrazine groups is 1. The van der Waals surface area contributed by atoms with E-state index in [1.807, 2.05) is 0 Å². The van der Waals surface area contributed by atoms with E-state index in [2.05, 4.69) is 10.4 Å². The number of rotatable bonds is 1. The van der Waals surface area contributed by atoms with E-state index in [0.717, 1.165) is 0 Å². The van der Waals surface area contributed by atoms with Crippen LogP contribution in [-0.4, -0.2) is 29.8 Å². The van der Waals surface area contributed by atoms with Crippen molar-refractivity contribution in [3.05, 3.63) is 24.0 Å². The first-order valence-electron chi connectivity index (χ1n) is 6.14. The number of pyridine rings is 1. The minimum atomic E-state index is -0.745. The van der Waals surface area contributed by atoms with Crippen molar-refractivity contribution < 1.29 is 19.1 Å². The second-order valence-corrected chi connectivity index (χ2v) is 5.34. The molecule has 0 aliphatic carbocycles. The van der Waals surface area contributed by atoms with Gasteiger partial charge in [0.15, 0.2) is 6.04 Å². The largest absolute Gasteiger partial charge is 0.468 e. The molecule has 1 N–H and O–H groups in total. The van der Waals surface area contributed by atoms with E-state index in [1.54, 1.807) is 33.0 Å². The fourth-order valence-corrected chi connectivity index (χ4v) is 1.85. The third kappa shape index (κ3) is 2.72. The highest BCUT2D eigenvalue weighted by molar-refractivity contribution is 5.93. The lowest BCUT2D eigenvalue weighted by Gasteiger charge is -2.24. The number of anilines is 1. The van der Waals surface area contributed by atoms with Crippen molar-refractivity contribution in [2.45, 2.75) is 32.4 Å². The van der Waals surface area contributed by atoms with Crippen LogP contribution in [0.15, 0.2) is 18.5 Å².